The number of likely N-dealkylation sites (tertiary alicyclic amines) is 2. The number of hydrogen-bond acceptors (Lipinski definition) is 5. The Hall–Kier alpha value is -2.22. The van der Waals surface area contributed by atoms with Crippen molar-refractivity contribution in [2.45, 2.75) is 70.9 Å². The largest absolute Gasteiger partial charge is 0.381 e. The van der Waals surface area contributed by atoms with Crippen molar-refractivity contribution in [2.75, 3.05) is 32.8 Å². The molecular formula is C24H36N4O4. The summed E-state index contributed by atoms with van der Waals surface area (Å²) >= 11 is 0. The van der Waals surface area contributed by atoms with Crippen molar-refractivity contribution in [3.05, 3.63) is 28.4 Å². The zero-order valence-corrected chi connectivity index (χ0v) is 19.6. The first-order valence-corrected chi connectivity index (χ1v) is 12.0. The summed E-state index contributed by atoms with van der Waals surface area (Å²) in [6.07, 6.45) is 5.45. The maximum Gasteiger partial charge on any atom is 0.253 e. The summed E-state index contributed by atoms with van der Waals surface area (Å²) in [5.41, 5.74) is 0.646. The Morgan fingerprint density at radius 1 is 1.12 bits per heavy atom. The highest BCUT2D eigenvalue weighted by Gasteiger charge is 2.40. The number of rotatable bonds is 4. The van der Waals surface area contributed by atoms with Crippen LogP contribution in [0.2, 0.25) is 0 Å². The first-order valence-electron chi connectivity index (χ1n) is 12.0. The van der Waals surface area contributed by atoms with E-state index in [4.69, 9.17) is 4.74 Å². The lowest BCUT2D eigenvalue weighted by atomic mass is 9.92. The number of carbonyl (C=O) groups excluding carboxylic acids is 2. The maximum atomic E-state index is 13.1. The third kappa shape index (κ3) is 5.05. The van der Waals surface area contributed by atoms with Crippen molar-refractivity contribution in [3.63, 3.8) is 0 Å². The molecule has 1 unspecified atom stereocenters. The predicted octanol–water partition coefficient (Wildman–Crippen LogP) is 1.81. The summed E-state index contributed by atoms with van der Waals surface area (Å²) in [5, 5.41) is 0. The molecule has 0 N–H and O–H groups in total. The molecule has 3 fully saturated rings. The highest BCUT2D eigenvalue weighted by atomic mass is 16.5. The van der Waals surface area contributed by atoms with Crippen molar-refractivity contribution in [2.24, 2.45) is 11.8 Å². The number of aromatic nitrogens is 2. The average molecular weight is 445 g/mol. The lowest BCUT2D eigenvalue weighted by Gasteiger charge is -2.34. The summed E-state index contributed by atoms with van der Waals surface area (Å²) in [5.74, 6) is 0.345. The van der Waals surface area contributed by atoms with Gasteiger partial charge in [-0.3, -0.25) is 19.0 Å². The number of nitrogens with zero attached hydrogens (tertiary/aromatic N) is 4. The van der Waals surface area contributed by atoms with E-state index in [1.807, 2.05) is 30.6 Å². The minimum absolute atomic E-state index is 0.0129. The molecule has 1 aromatic rings. The molecule has 4 rings (SSSR count). The Labute approximate surface area is 189 Å². The third-order valence-electron chi connectivity index (χ3n) is 7.17. The lowest BCUT2D eigenvalue weighted by Crippen LogP contribution is -2.44. The second-order valence-electron chi connectivity index (χ2n) is 10.6. The van der Waals surface area contributed by atoms with Gasteiger partial charge >= 0.3 is 0 Å². The van der Waals surface area contributed by atoms with E-state index in [9.17, 15) is 14.4 Å². The summed E-state index contributed by atoms with van der Waals surface area (Å²) in [4.78, 5) is 46.4. The van der Waals surface area contributed by atoms with Crippen LogP contribution in [-0.4, -0.2) is 70.1 Å². The molecular weight excluding hydrogens is 408 g/mol. The van der Waals surface area contributed by atoms with Crippen LogP contribution in [0.3, 0.4) is 0 Å². The molecule has 0 spiro atoms. The van der Waals surface area contributed by atoms with E-state index in [0.717, 1.165) is 31.4 Å². The Kier molecular flexibility index (Phi) is 6.70. The minimum Gasteiger partial charge on any atom is -0.381 e. The quantitative estimate of drug-likeness (QED) is 0.707. The average Bonchev–Trinajstić information content (AvgIpc) is 3.16. The van der Waals surface area contributed by atoms with Crippen LogP contribution in [0.5, 0.6) is 0 Å². The van der Waals surface area contributed by atoms with Gasteiger partial charge in [0.1, 0.15) is 0 Å². The molecule has 0 radical (unpaired) electrons. The Balaban J connectivity index is 1.29. The smallest absolute Gasteiger partial charge is 0.253 e. The highest BCUT2D eigenvalue weighted by Crippen LogP contribution is 2.28. The molecule has 0 saturated carbocycles. The predicted molar refractivity (Wildman–Crippen MR) is 120 cm³/mol. The van der Waals surface area contributed by atoms with E-state index in [1.54, 1.807) is 17.0 Å². The highest BCUT2D eigenvalue weighted by molar-refractivity contribution is 5.89. The first-order chi connectivity index (χ1) is 15.2. The molecule has 1 atom stereocenters. The van der Waals surface area contributed by atoms with E-state index < -0.39 is 0 Å². The van der Waals surface area contributed by atoms with Gasteiger partial charge in [-0.15, -0.1) is 0 Å². The van der Waals surface area contributed by atoms with Crippen LogP contribution in [0.15, 0.2) is 17.2 Å². The van der Waals surface area contributed by atoms with Crippen molar-refractivity contribution < 1.29 is 14.3 Å². The van der Waals surface area contributed by atoms with Gasteiger partial charge in [0.25, 0.3) is 5.56 Å². The van der Waals surface area contributed by atoms with Gasteiger partial charge < -0.3 is 14.5 Å². The van der Waals surface area contributed by atoms with Crippen LogP contribution in [0.1, 0.15) is 58.6 Å². The van der Waals surface area contributed by atoms with E-state index >= 15 is 0 Å². The number of carbonyl (C=O) groups is 2. The number of hydrogen-bond donors (Lipinski definition) is 0. The maximum absolute atomic E-state index is 13.1. The molecule has 3 aliphatic heterocycles. The van der Waals surface area contributed by atoms with Gasteiger partial charge in [-0.1, -0.05) is 20.8 Å². The van der Waals surface area contributed by atoms with Gasteiger partial charge in [0.15, 0.2) is 0 Å². The van der Waals surface area contributed by atoms with Crippen LogP contribution in [0.25, 0.3) is 0 Å². The molecule has 8 heteroatoms. The molecule has 176 valence electrons. The molecule has 0 aromatic carbocycles. The van der Waals surface area contributed by atoms with Crippen LogP contribution in [0.4, 0.5) is 0 Å². The molecule has 8 nitrogen and oxygen atoms in total. The van der Waals surface area contributed by atoms with Crippen molar-refractivity contribution in [1.29, 1.82) is 0 Å². The van der Waals surface area contributed by atoms with Crippen LogP contribution >= 0.6 is 0 Å². The molecule has 0 aliphatic carbocycles. The van der Waals surface area contributed by atoms with E-state index in [2.05, 4.69) is 4.98 Å². The molecule has 0 bridgehead atoms. The second kappa shape index (κ2) is 9.33. The summed E-state index contributed by atoms with van der Waals surface area (Å²) in [7, 11) is 0. The summed E-state index contributed by atoms with van der Waals surface area (Å²) in [6.45, 7) is 10.1. The first kappa shape index (κ1) is 23.0. The molecule has 2 amide bonds. The minimum atomic E-state index is -0.223. The summed E-state index contributed by atoms with van der Waals surface area (Å²) in [6, 6.07) is 1.86. The van der Waals surface area contributed by atoms with Crippen LogP contribution in [0, 0.1) is 11.8 Å². The SMILES string of the molecule is CC(C)(C)c1cc(=O)n(CC2CCN(C(=O)C3CC(=O)N(C4CCOCC4)C3)CC2)cn1. The number of amides is 2. The normalized spacial score (nSPS) is 23.7. The van der Waals surface area contributed by atoms with Gasteiger partial charge in [-0.2, -0.15) is 0 Å². The van der Waals surface area contributed by atoms with Crippen molar-refractivity contribution in [1.82, 2.24) is 19.4 Å². The van der Waals surface area contributed by atoms with Gasteiger partial charge in [0.05, 0.1) is 17.9 Å². The van der Waals surface area contributed by atoms with E-state index in [0.29, 0.717) is 51.7 Å². The van der Waals surface area contributed by atoms with Crippen molar-refractivity contribution in [3.8, 4) is 0 Å². The molecule has 3 aliphatic rings. The molecule has 32 heavy (non-hydrogen) atoms. The fourth-order valence-electron chi connectivity index (χ4n) is 5.09. The summed E-state index contributed by atoms with van der Waals surface area (Å²) < 4.78 is 7.10. The Morgan fingerprint density at radius 2 is 1.81 bits per heavy atom. The van der Waals surface area contributed by atoms with Gasteiger partial charge in [0.2, 0.25) is 11.8 Å². The standard InChI is InChI=1S/C24H36N4O4/c1-24(2,3)20-13-21(29)27(16-25-20)14-17-4-8-26(9-5-17)23(31)18-12-22(30)28(15-18)19-6-10-32-11-7-19/h13,16-19H,4-12,14-15H2,1-3H3. The molecule has 4 heterocycles. The zero-order valence-electron chi connectivity index (χ0n) is 19.6. The van der Waals surface area contributed by atoms with Crippen LogP contribution < -0.4 is 5.56 Å². The number of ether oxygens (including phenoxy) is 1. The third-order valence-corrected chi connectivity index (χ3v) is 7.17. The second-order valence-corrected chi connectivity index (χ2v) is 10.6. The topological polar surface area (TPSA) is 84.7 Å². The molecule has 3 saturated heterocycles. The lowest BCUT2D eigenvalue weighted by molar-refractivity contribution is -0.137. The Morgan fingerprint density at radius 3 is 2.44 bits per heavy atom. The van der Waals surface area contributed by atoms with Gasteiger partial charge in [-0.25, -0.2) is 4.98 Å². The fraction of sp³-hybridized carbons (Fsp3) is 0.750. The van der Waals surface area contributed by atoms with Gasteiger partial charge in [-0.05, 0) is 31.6 Å². The Bertz CT molecular complexity index is 892. The van der Waals surface area contributed by atoms with Gasteiger partial charge in [0, 0.05) is 63.3 Å². The molecule has 1 aromatic heterocycles. The zero-order chi connectivity index (χ0) is 22.9. The number of piperidine rings is 1. The van der Waals surface area contributed by atoms with E-state index in [-0.39, 0.29) is 34.7 Å². The van der Waals surface area contributed by atoms with E-state index in [1.165, 1.54) is 0 Å². The monoisotopic (exact) mass is 444 g/mol. The van der Waals surface area contributed by atoms with Crippen LogP contribution in [-0.2, 0) is 26.3 Å². The fourth-order valence-corrected chi connectivity index (χ4v) is 5.09. The van der Waals surface area contributed by atoms with Crippen molar-refractivity contribution >= 4 is 11.8 Å².